The molecular formula is C13H13NO. The van der Waals surface area contributed by atoms with Crippen LogP contribution in [0.15, 0.2) is 40.4 Å². The fraction of sp³-hybridized carbons (Fsp3) is 0.231. The van der Waals surface area contributed by atoms with E-state index in [0.717, 1.165) is 22.5 Å². The zero-order valence-corrected chi connectivity index (χ0v) is 9.16. The van der Waals surface area contributed by atoms with E-state index in [4.69, 9.17) is 0 Å². The minimum absolute atomic E-state index is 0.0955. The second-order valence-corrected chi connectivity index (χ2v) is 3.92. The number of aliphatic imine (C=N–C) groups is 1. The number of hydrogen-bond donors (Lipinski definition) is 0. The number of nitrogens with zero attached hydrogens (tertiary/aromatic N) is 1. The van der Waals surface area contributed by atoms with Crippen LogP contribution in [0.25, 0.3) is 0 Å². The molecule has 0 aliphatic carbocycles. The van der Waals surface area contributed by atoms with Gasteiger partial charge in [0.1, 0.15) is 0 Å². The number of ketones is 1. The molecule has 2 rings (SSSR count). The Kier molecular flexibility index (Phi) is 2.27. The maximum absolute atomic E-state index is 12.1. The van der Waals surface area contributed by atoms with Crippen molar-refractivity contribution in [1.29, 1.82) is 0 Å². The third-order valence-corrected chi connectivity index (χ3v) is 2.53. The number of rotatable bonds is 0. The van der Waals surface area contributed by atoms with Gasteiger partial charge in [-0.15, -0.1) is 0 Å². The number of para-hydroxylation sites is 1. The standard InChI is InChI=1S/C13H13NO/c1-8(2)12-9(3)14-11-7-5-4-6-10(11)13(12)15/h4-7H,1-3H3. The first-order chi connectivity index (χ1) is 7.11. The van der Waals surface area contributed by atoms with E-state index < -0.39 is 0 Å². The minimum Gasteiger partial charge on any atom is -0.288 e. The zero-order valence-electron chi connectivity index (χ0n) is 9.16. The van der Waals surface area contributed by atoms with E-state index in [0.29, 0.717) is 5.56 Å². The maximum Gasteiger partial charge on any atom is 0.196 e. The lowest BCUT2D eigenvalue weighted by Crippen LogP contribution is -2.16. The van der Waals surface area contributed by atoms with Gasteiger partial charge >= 0.3 is 0 Å². The lowest BCUT2D eigenvalue weighted by molar-refractivity contribution is 0.103. The smallest absolute Gasteiger partial charge is 0.196 e. The number of allylic oxidation sites excluding steroid dienone is 2. The molecule has 2 nitrogen and oxygen atoms in total. The van der Waals surface area contributed by atoms with Crippen molar-refractivity contribution in [2.24, 2.45) is 4.99 Å². The number of benzene rings is 1. The van der Waals surface area contributed by atoms with Gasteiger partial charge in [-0.2, -0.15) is 0 Å². The third-order valence-electron chi connectivity index (χ3n) is 2.53. The van der Waals surface area contributed by atoms with Crippen molar-refractivity contribution in [2.75, 3.05) is 0 Å². The van der Waals surface area contributed by atoms with E-state index in [2.05, 4.69) is 4.99 Å². The van der Waals surface area contributed by atoms with E-state index in [-0.39, 0.29) is 5.78 Å². The van der Waals surface area contributed by atoms with Gasteiger partial charge in [0.15, 0.2) is 5.78 Å². The van der Waals surface area contributed by atoms with E-state index in [1.165, 1.54) is 0 Å². The topological polar surface area (TPSA) is 29.4 Å². The van der Waals surface area contributed by atoms with Crippen LogP contribution in [0.2, 0.25) is 0 Å². The Morgan fingerprint density at radius 3 is 2.53 bits per heavy atom. The summed E-state index contributed by atoms with van der Waals surface area (Å²) in [5.74, 6) is 0.0955. The SMILES string of the molecule is CC1=Nc2ccccc2C(=O)C1=C(C)C. The van der Waals surface area contributed by atoms with Crippen molar-refractivity contribution in [3.63, 3.8) is 0 Å². The van der Waals surface area contributed by atoms with Gasteiger partial charge < -0.3 is 0 Å². The summed E-state index contributed by atoms with van der Waals surface area (Å²) >= 11 is 0. The van der Waals surface area contributed by atoms with Crippen LogP contribution in [0.4, 0.5) is 5.69 Å². The van der Waals surface area contributed by atoms with Gasteiger partial charge in [0.25, 0.3) is 0 Å². The number of carbonyl (C=O) groups is 1. The molecule has 1 aromatic carbocycles. The predicted molar refractivity (Wildman–Crippen MR) is 61.9 cm³/mol. The Morgan fingerprint density at radius 2 is 1.87 bits per heavy atom. The number of Topliss-reactive ketones (excluding diaryl/α,β-unsaturated/α-hetero) is 1. The Bertz CT molecular complexity index is 491. The third kappa shape index (κ3) is 1.52. The largest absolute Gasteiger partial charge is 0.288 e. The molecule has 15 heavy (non-hydrogen) atoms. The van der Waals surface area contributed by atoms with Crippen LogP contribution in [-0.2, 0) is 0 Å². The summed E-state index contributed by atoms with van der Waals surface area (Å²) in [7, 11) is 0. The molecule has 1 aromatic rings. The van der Waals surface area contributed by atoms with E-state index in [1.54, 1.807) is 0 Å². The first-order valence-electron chi connectivity index (χ1n) is 4.98. The Morgan fingerprint density at radius 1 is 1.20 bits per heavy atom. The maximum atomic E-state index is 12.1. The number of carbonyl (C=O) groups excluding carboxylic acids is 1. The number of fused-ring (bicyclic) bond motifs is 1. The van der Waals surface area contributed by atoms with Crippen molar-refractivity contribution in [2.45, 2.75) is 20.8 Å². The normalized spacial score (nSPS) is 14.7. The van der Waals surface area contributed by atoms with Gasteiger partial charge in [-0.25, -0.2) is 0 Å². The van der Waals surface area contributed by atoms with Gasteiger partial charge in [0.05, 0.1) is 5.69 Å². The second kappa shape index (κ2) is 3.46. The van der Waals surface area contributed by atoms with E-state index in [9.17, 15) is 4.79 Å². The van der Waals surface area contributed by atoms with Gasteiger partial charge in [-0.1, -0.05) is 17.7 Å². The van der Waals surface area contributed by atoms with Crippen molar-refractivity contribution < 1.29 is 4.79 Å². The van der Waals surface area contributed by atoms with E-state index >= 15 is 0 Å². The van der Waals surface area contributed by atoms with Crippen molar-refractivity contribution in [1.82, 2.24) is 0 Å². The van der Waals surface area contributed by atoms with E-state index in [1.807, 2.05) is 45.0 Å². The molecule has 76 valence electrons. The van der Waals surface area contributed by atoms with Crippen LogP contribution in [0.5, 0.6) is 0 Å². The summed E-state index contributed by atoms with van der Waals surface area (Å²) in [6.07, 6.45) is 0. The Labute approximate surface area is 89.3 Å². The molecule has 1 aliphatic rings. The molecule has 1 heterocycles. The minimum atomic E-state index is 0.0955. The van der Waals surface area contributed by atoms with Gasteiger partial charge in [-0.05, 0) is 32.9 Å². The first-order valence-corrected chi connectivity index (χ1v) is 4.98. The Balaban J connectivity index is 2.70. The van der Waals surface area contributed by atoms with Gasteiger partial charge in [0, 0.05) is 16.8 Å². The fourth-order valence-corrected chi connectivity index (χ4v) is 1.89. The monoisotopic (exact) mass is 199 g/mol. The van der Waals surface area contributed by atoms with Crippen LogP contribution >= 0.6 is 0 Å². The molecule has 0 bridgehead atoms. The van der Waals surface area contributed by atoms with Crippen molar-refractivity contribution in [3.05, 3.63) is 41.0 Å². The van der Waals surface area contributed by atoms with Crippen LogP contribution in [0.3, 0.4) is 0 Å². The van der Waals surface area contributed by atoms with Gasteiger partial charge in [-0.3, -0.25) is 9.79 Å². The molecule has 0 radical (unpaired) electrons. The van der Waals surface area contributed by atoms with Crippen molar-refractivity contribution >= 4 is 17.2 Å². The molecule has 0 amide bonds. The fourth-order valence-electron chi connectivity index (χ4n) is 1.89. The van der Waals surface area contributed by atoms with Crippen LogP contribution < -0.4 is 0 Å². The molecule has 2 heteroatoms. The quantitative estimate of drug-likeness (QED) is 0.589. The molecule has 0 fully saturated rings. The Hall–Kier alpha value is -1.70. The summed E-state index contributed by atoms with van der Waals surface area (Å²) < 4.78 is 0. The molecular weight excluding hydrogens is 186 g/mol. The van der Waals surface area contributed by atoms with Gasteiger partial charge in [0.2, 0.25) is 0 Å². The summed E-state index contributed by atoms with van der Waals surface area (Å²) in [5, 5.41) is 0. The first kappa shape index (κ1) is 9.84. The molecule has 1 aliphatic heterocycles. The highest BCUT2D eigenvalue weighted by Crippen LogP contribution is 2.29. The molecule has 0 atom stereocenters. The van der Waals surface area contributed by atoms with Crippen LogP contribution in [-0.4, -0.2) is 11.5 Å². The summed E-state index contributed by atoms with van der Waals surface area (Å²) in [5.41, 5.74) is 4.09. The van der Waals surface area contributed by atoms with Crippen LogP contribution in [0.1, 0.15) is 31.1 Å². The highest BCUT2D eigenvalue weighted by atomic mass is 16.1. The summed E-state index contributed by atoms with van der Waals surface area (Å²) in [6.45, 7) is 5.77. The summed E-state index contributed by atoms with van der Waals surface area (Å²) in [4.78, 5) is 16.6. The molecule has 0 unspecified atom stereocenters. The average Bonchev–Trinajstić information content (AvgIpc) is 2.17. The molecule has 0 saturated carbocycles. The molecule has 0 N–H and O–H groups in total. The molecule has 0 spiro atoms. The average molecular weight is 199 g/mol. The van der Waals surface area contributed by atoms with Crippen molar-refractivity contribution in [3.8, 4) is 0 Å². The lowest BCUT2D eigenvalue weighted by atomic mass is 9.92. The highest BCUT2D eigenvalue weighted by Gasteiger charge is 2.23. The van der Waals surface area contributed by atoms with Crippen LogP contribution in [0, 0.1) is 0 Å². The second-order valence-electron chi connectivity index (χ2n) is 3.92. The molecule has 0 saturated heterocycles. The summed E-state index contributed by atoms with van der Waals surface area (Å²) in [6, 6.07) is 7.47. The zero-order chi connectivity index (χ0) is 11.0. The predicted octanol–water partition coefficient (Wildman–Crippen LogP) is 3.31. The highest BCUT2D eigenvalue weighted by molar-refractivity contribution is 6.31. The number of hydrogen-bond acceptors (Lipinski definition) is 2. The lowest BCUT2D eigenvalue weighted by Gasteiger charge is -2.16. The molecule has 0 aromatic heterocycles.